The number of ether oxygens (including phenoxy) is 4. The van der Waals surface area contributed by atoms with Gasteiger partial charge in [-0.3, -0.25) is 0 Å². The molecule has 30 heavy (non-hydrogen) atoms. The van der Waals surface area contributed by atoms with Gasteiger partial charge in [-0.05, 0) is 48.2 Å². The van der Waals surface area contributed by atoms with Crippen LogP contribution in [0.5, 0.6) is 11.5 Å². The maximum Gasteiger partial charge on any atom is 0.354 e. The van der Waals surface area contributed by atoms with Crippen LogP contribution in [-0.4, -0.2) is 32.4 Å². The Labute approximate surface area is 181 Å². The molecule has 0 bridgehead atoms. The standard InChI is InChI=1S/C23H24ClNO5/c1-5-29-22(26)23(13-25)20(16-8-11-19(28-4)18(24)12-16)14(2)21(30-23)15-6-9-17(27-3)10-7-15/h6-12,14,20-21H,5H2,1-4H3/t14-,20-,21-,23?/m0/s1. The van der Waals surface area contributed by atoms with Crippen LogP contribution in [0.1, 0.15) is 37.0 Å². The highest BCUT2D eigenvalue weighted by molar-refractivity contribution is 6.32. The zero-order valence-corrected chi connectivity index (χ0v) is 18.1. The lowest BCUT2D eigenvalue weighted by atomic mass is 9.75. The van der Waals surface area contributed by atoms with Crippen LogP contribution in [0.2, 0.25) is 5.02 Å². The highest BCUT2D eigenvalue weighted by Crippen LogP contribution is 2.54. The number of benzene rings is 2. The highest BCUT2D eigenvalue weighted by atomic mass is 35.5. The minimum Gasteiger partial charge on any atom is -0.497 e. The Hall–Kier alpha value is -2.75. The van der Waals surface area contributed by atoms with Crippen molar-refractivity contribution in [2.24, 2.45) is 5.92 Å². The molecule has 3 rings (SSSR count). The van der Waals surface area contributed by atoms with Crippen molar-refractivity contribution < 1.29 is 23.7 Å². The number of hydrogen-bond donors (Lipinski definition) is 0. The van der Waals surface area contributed by atoms with Gasteiger partial charge in [0.25, 0.3) is 5.60 Å². The number of methoxy groups -OCH3 is 2. The summed E-state index contributed by atoms with van der Waals surface area (Å²) in [6.45, 7) is 3.79. The third-order valence-corrected chi connectivity index (χ3v) is 5.77. The van der Waals surface area contributed by atoms with Crippen molar-refractivity contribution in [1.29, 1.82) is 5.26 Å². The molecule has 6 nitrogen and oxygen atoms in total. The Morgan fingerprint density at radius 3 is 2.37 bits per heavy atom. The molecule has 1 saturated heterocycles. The Balaban J connectivity index is 2.10. The zero-order valence-electron chi connectivity index (χ0n) is 17.3. The third kappa shape index (κ3) is 3.71. The number of carbonyl (C=O) groups is 1. The number of hydrogen-bond acceptors (Lipinski definition) is 6. The van der Waals surface area contributed by atoms with Gasteiger partial charge in [0.15, 0.2) is 0 Å². The SMILES string of the molecule is CCOC(=O)C1(C#N)O[C@H](c2ccc(OC)cc2)[C@@H](C)[C@H]1c1ccc(OC)c(Cl)c1. The molecule has 4 atom stereocenters. The second kappa shape index (κ2) is 8.95. The van der Waals surface area contributed by atoms with E-state index in [0.29, 0.717) is 22.1 Å². The fourth-order valence-corrected chi connectivity index (χ4v) is 4.33. The highest BCUT2D eigenvalue weighted by Gasteiger charge is 2.60. The molecule has 0 amide bonds. The van der Waals surface area contributed by atoms with Crippen LogP contribution in [0.15, 0.2) is 42.5 Å². The van der Waals surface area contributed by atoms with E-state index in [1.807, 2.05) is 31.2 Å². The van der Waals surface area contributed by atoms with Gasteiger partial charge in [0.05, 0.1) is 32.0 Å². The van der Waals surface area contributed by atoms with Crippen LogP contribution in [0, 0.1) is 17.2 Å². The molecule has 1 heterocycles. The molecule has 1 fully saturated rings. The lowest BCUT2D eigenvalue weighted by molar-refractivity contribution is -0.164. The maximum absolute atomic E-state index is 13.0. The molecule has 0 aliphatic carbocycles. The zero-order chi connectivity index (χ0) is 21.9. The lowest BCUT2D eigenvalue weighted by Crippen LogP contribution is -2.43. The molecule has 0 radical (unpaired) electrons. The second-order valence-electron chi connectivity index (χ2n) is 7.11. The van der Waals surface area contributed by atoms with Crippen LogP contribution in [0.25, 0.3) is 0 Å². The Kier molecular flexibility index (Phi) is 6.55. The van der Waals surface area contributed by atoms with E-state index in [9.17, 15) is 10.1 Å². The molecule has 158 valence electrons. The number of carbonyl (C=O) groups excluding carboxylic acids is 1. The van der Waals surface area contributed by atoms with Gasteiger partial charge in [-0.2, -0.15) is 5.26 Å². The summed E-state index contributed by atoms with van der Waals surface area (Å²) >= 11 is 6.34. The van der Waals surface area contributed by atoms with Crippen molar-refractivity contribution in [3.8, 4) is 17.6 Å². The summed E-state index contributed by atoms with van der Waals surface area (Å²) in [5.74, 6) is -0.284. The number of nitrogens with zero attached hydrogens (tertiary/aromatic N) is 1. The molecule has 7 heteroatoms. The van der Waals surface area contributed by atoms with E-state index in [1.54, 1.807) is 32.2 Å². The van der Waals surface area contributed by atoms with Gasteiger partial charge in [-0.25, -0.2) is 4.79 Å². The molecule has 0 spiro atoms. The maximum atomic E-state index is 13.0. The Bertz CT molecular complexity index is 955. The van der Waals surface area contributed by atoms with Crippen molar-refractivity contribution >= 4 is 17.6 Å². The van der Waals surface area contributed by atoms with Crippen LogP contribution < -0.4 is 9.47 Å². The lowest BCUT2D eigenvalue weighted by Gasteiger charge is -2.27. The van der Waals surface area contributed by atoms with Gasteiger partial charge in [0.1, 0.15) is 17.6 Å². The molecule has 0 N–H and O–H groups in total. The van der Waals surface area contributed by atoms with E-state index in [4.69, 9.17) is 30.5 Å². The van der Waals surface area contributed by atoms with Gasteiger partial charge < -0.3 is 18.9 Å². The first-order valence-corrected chi connectivity index (χ1v) is 10.0. The average molecular weight is 430 g/mol. The first-order valence-electron chi connectivity index (χ1n) is 9.65. The van der Waals surface area contributed by atoms with Gasteiger partial charge in [-0.15, -0.1) is 0 Å². The van der Waals surface area contributed by atoms with E-state index in [1.165, 1.54) is 7.11 Å². The smallest absolute Gasteiger partial charge is 0.354 e. The molecule has 1 aliphatic heterocycles. The Morgan fingerprint density at radius 2 is 1.83 bits per heavy atom. The number of rotatable bonds is 6. The van der Waals surface area contributed by atoms with Crippen molar-refractivity contribution in [1.82, 2.24) is 0 Å². The summed E-state index contributed by atoms with van der Waals surface area (Å²) in [7, 11) is 3.12. The fraction of sp³-hybridized carbons (Fsp3) is 0.391. The van der Waals surface area contributed by atoms with E-state index < -0.39 is 23.6 Å². The largest absolute Gasteiger partial charge is 0.497 e. The number of nitriles is 1. The second-order valence-corrected chi connectivity index (χ2v) is 7.52. The summed E-state index contributed by atoms with van der Waals surface area (Å²) in [6.07, 6.45) is -0.495. The summed E-state index contributed by atoms with van der Waals surface area (Å²) in [4.78, 5) is 13.0. The predicted octanol–water partition coefficient (Wildman–Crippen LogP) is 4.67. The number of halogens is 1. The van der Waals surface area contributed by atoms with Gasteiger partial charge in [0, 0.05) is 5.92 Å². The van der Waals surface area contributed by atoms with Crippen LogP contribution in [-0.2, 0) is 14.3 Å². The number of esters is 1. The molecular weight excluding hydrogens is 406 g/mol. The molecule has 0 saturated carbocycles. The topological polar surface area (TPSA) is 77.8 Å². The van der Waals surface area contributed by atoms with Crippen molar-refractivity contribution in [3.05, 3.63) is 58.6 Å². The Morgan fingerprint density at radius 1 is 1.17 bits per heavy atom. The van der Waals surface area contributed by atoms with Crippen molar-refractivity contribution in [3.63, 3.8) is 0 Å². The monoisotopic (exact) mass is 429 g/mol. The van der Waals surface area contributed by atoms with E-state index in [0.717, 1.165) is 5.56 Å². The normalized spacial score (nSPS) is 25.4. The van der Waals surface area contributed by atoms with E-state index in [2.05, 4.69) is 6.07 Å². The summed E-state index contributed by atoms with van der Waals surface area (Å²) in [6, 6.07) is 14.7. The van der Waals surface area contributed by atoms with Gasteiger partial charge in [-0.1, -0.05) is 36.7 Å². The summed E-state index contributed by atoms with van der Waals surface area (Å²) in [5.41, 5.74) is -0.244. The van der Waals surface area contributed by atoms with Crippen LogP contribution >= 0.6 is 11.6 Å². The van der Waals surface area contributed by atoms with Crippen LogP contribution in [0.4, 0.5) is 0 Å². The molecule has 0 aromatic heterocycles. The molecule has 2 aromatic carbocycles. The van der Waals surface area contributed by atoms with Gasteiger partial charge in [0.2, 0.25) is 0 Å². The molecule has 1 unspecified atom stereocenters. The minimum absolute atomic E-state index is 0.142. The molecule has 1 aliphatic rings. The van der Waals surface area contributed by atoms with Crippen LogP contribution in [0.3, 0.4) is 0 Å². The van der Waals surface area contributed by atoms with Gasteiger partial charge >= 0.3 is 5.97 Å². The quantitative estimate of drug-likeness (QED) is 0.621. The van der Waals surface area contributed by atoms with Crippen molar-refractivity contribution in [2.45, 2.75) is 31.5 Å². The average Bonchev–Trinajstić information content (AvgIpc) is 3.07. The minimum atomic E-state index is -1.79. The molecular formula is C23H24ClNO5. The predicted molar refractivity (Wildman–Crippen MR) is 112 cm³/mol. The fourth-order valence-electron chi connectivity index (χ4n) is 4.06. The first kappa shape index (κ1) is 21.9. The van der Waals surface area contributed by atoms with Crippen molar-refractivity contribution in [2.75, 3.05) is 20.8 Å². The summed E-state index contributed by atoms with van der Waals surface area (Å²) in [5, 5.41) is 10.5. The first-order chi connectivity index (χ1) is 14.4. The summed E-state index contributed by atoms with van der Waals surface area (Å²) < 4.78 is 21.9. The van der Waals surface area contributed by atoms with E-state index in [-0.39, 0.29) is 12.5 Å². The molecule has 2 aromatic rings. The van der Waals surface area contributed by atoms with E-state index >= 15 is 0 Å². The third-order valence-electron chi connectivity index (χ3n) is 5.48.